The van der Waals surface area contributed by atoms with Gasteiger partial charge in [-0.1, -0.05) is 25.3 Å². The predicted molar refractivity (Wildman–Crippen MR) is 86.2 cm³/mol. The molecule has 0 aromatic carbocycles. The molecule has 20 heavy (non-hydrogen) atoms. The number of hydrazine groups is 1. The van der Waals surface area contributed by atoms with Crippen LogP contribution in [-0.4, -0.2) is 28.1 Å². The smallest absolute Gasteiger partial charge is 0.183 e. The van der Waals surface area contributed by atoms with Crippen molar-refractivity contribution in [2.75, 3.05) is 7.05 Å². The maximum atomic E-state index is 5.46. The first-order valence-electron chi connectivity index (χ1n) is 7.37. The Morgan fingerprint density at radius 1 is 1.35 bits per heavy atom. The lowest BCUT2D eigenvalue weighted by molar-refractivity contribution is 0.272. The molecule has 1 saturated carbocycles. The van der Waals surface area contributed by atoms with Gasteiger partial charge < -0.3 is 4.90 Å². The molecule has 5 heteroatoms. The Labute approximate surface area is 126 Å². The van der Waals surface area contributed by atoms with E-state index in [1.807, 2.05) is 18.2 Å². The molecule has 4 nitrogen and oxygen atoms in total. The Kier molecular flexibility index (Phi) is 5.73. The topological polar surface area (TPSA) is 40.2 Å². The Morgan fingerprint density at radius 2 is 2.10 bits per heavy atom. The van der Waals surface area contributed by atoms with Gasteiger partial charge in [-0.25, -0.2) is 5.43 Å². The summed E-state index contributed by atoms with van der Waals surface area (Å²) < 4.78 is 0. The molecule has 0 spiro atoms. The Morgan fingerprint density at radius 3 is 2.75 bits per heavy atom. The van der Waals surface area contributed by atoms with Gasteiger partial charge in [0.05, 0.1) is 11.7 Å². The second-order valence-corrected chi connectivity index (χ2v) is 5.84. The monoisotopic (exact) mass is 292 g/mol. The Balaban J connectivity index is 1.79. The second kappa shape index (κ2) is 7.55. The molecule has 0 aliphatic heterocycles. The highest BCUT2D eigenvalue weighted by Gasteiger charge is 2.20. The van der Waals surface area contributed by atoms with Crippen molar-refractivity contribution in [3.63, 3.8) is 0 Å². The van der Waals surface area contributed by atoms with E-state index in [9.17, 15) is 0 Å². The number of nitrogens with one attached hydrogen (secondary N) is 2. The Bertz CT molecular complexity index is 417. The van der Waals surface area contributed by atoms with Gasteiger partial charge in [0.25, 0.3) is 0 Å². The number of pyridine rings is 1. The normalized spacial score (nSPS) is 17.5. The maximum Gasteiger partial charge on any atom is 0.183 e. The average molecular weight is 292 g/mol. The highest BCUT2D eigenvalue weighted by atomic mass is 32.1. The number of hydrogen-bond acceptors (Lipinski definition) is 3. The molecule has 0 unspecified atom stereocenters. The molecular formula is C15H24N4S. The first kappa shape index (κ1) is 15.2. The summed E-state index contributed by atoms with van der Waals surface area (Å²) in [6, 6.07) is 6.62. The average Bonchev–Trinajstić information content (AvgIpc) is 2.53. The van der Waals surface area contributed by atoms with Crippen LogP contribution < -0.4 is 10.9 Å². The van der Waals surface area contributed by atoms with Gasteiger partial charge in [0.15, 0.2) is 5.11 Å². The summed E-state index contributed by atoms with van der Waals surface area (Å²) in [6.07, 6.45) is 8.28. The fourth-order valence-corrected chi connectivity index (χ4v) is 2.81. The summed E-state index contributed by atoms with van der Waals surface area (Å²) in [4.78, 5) is 6.52. The van der Waals surface area contributed by atoms with Crippen LogP contribution in [0.1, 0.15) is 50.8 Å². The van der Waals surface area contributed by atoms with Crippen molar-refractivity contribution in [1.82, 2.24) is 20.7 Å². The van der Waals surface area contributed by atoms with Gasteiger partial charge in [0, 0.05) is 19.3 Å². The summed E-state index contributed by atoms with van der Waals surface area (Å²) in [5.41, 5.74) is 7.37. The van der Waals surface area contributed by atoms with E-state index < -0.39 is 0 Å². The lowest BCUT2D eigenvalue weighted by Crippen LogP contribution is -2.49. The lowest BCUT2D eigenvalue weighted by Gasteiger charge is -2.33. The quantitative estimate of drug-likeness (QED) is 0.659. The molecule has 1 heterocycles. The van der Waals surface area contributed by atoms with Crippen molar-refractivity contribution in [2.45, 2.75) is 51.1 Å². The second-order valence-electron chi connectivity index (χ2n) is 5.45. The van der Waals surface area contributed by atoms with E-state index in [0.29, 0.717) is 6.04 Å². The lowest BCUT2D eigenvalue weighted by atomic mass is 9.95. The molecule has 1 aliphatic carbocycles. The van der Waals surface area contributed by atoms with E-state index in [1.165, 1.54) is 32.1 Å². The SMILES string of the molecule is C[C@@H](NNC(=S)N(C)C1CCCCC1)c1ccccn1. The van der Waals surface area contributed by atoms with Crippen LogP contribution >= 0.6 is 12.2 Å². The molecule has 1 aliphatic rings. The summed E-state index contributed by atoms with van der Waals surface area (Å²) in [6.45, 7) is 2.07. The van der Waals surface area contributed by atoms with Gasteiger partial charge in [-0.2, -0.15) is 0 Å². The zero-order chi connectivity index (χ0) is 14.4. The van der Waals surface area contributed by atoms with Crippen LogP contribution in [0.2, 0.25) is 0 Å². The van der Waals surface area contributed by atoms with Crippen molar-refractivity contribution >= 4 is 17.3 Å². The molecule has 0 amide bonds. The van der Waals surface area contributed by atoms with Crippen LogP contribution in [0.15, 0.2) is 24.4 Å². The zero-order valence-electron chi connectivity index (χ0n) is 12.3. The van der Waals surface area contributed by atoms with Crippen molar-refractivity contribution in [3.05, 3.63) is 30.1 Å². The van der Waals surface area contributed by atoms with Gasteiger partial charge in [-0.3, -0.25) is 10.4 Å². The molecule has 1 atom stereocenters. The molecule has 0 bridgehead atoms. The number of nitrogens with zero attached hydrogens (tertiary/aromatic N) is 2. The molecule has 2 N–H and O–H groups in total. The fraction of sp³-hybridized carbons (Fsp3) is 0.600. The summed E-state index contributed by atoms with van der Waals surface area (Å²) >= 11 is 5.46. The molecule has 2 rings (SSSR count). The standard InChI is InChI=1S/C15H24N4S/c1-12(14-10-6-7-11-16-14)17-18-15(20)19(2)13-8-4-3-5-9-13/h6-7,10-13,17H,3-5,8-9H2,1-2H3,(H,18,20)/t12-/m1/s1. The van der Waals surface area contributed by atoms with E-state index in [0.717, 1.165) is 10.8 Å². The van der Waals surface area contributed by atoms with Crippen molar-refractivity contribution < 1.29 is 0 Å². The zero-order valence-corrected chi connectivity index (χ0v) is 13.1. The van der Waals surface area contributed by atoms with Gasteiger partial charge >= 0.3 is 0 Å². The minimum atomic E-state index is 0.119. The van der Waals surface area contributed by atoms with Crippen LogP contribution in [0.25, 0.3) is 0 Å². The van der Waals surface area contributed by atoms with Crippen LogP contribution in [-0.2, 0) is 0 Å². The number of hydrogen-bond donors (Lipinski definition) is 2. The van der Waals surface area contributed by atoms with Crippen LogP contribution in [0.4, 0.5) is 0 Å². The van der Waals surface area contributed by atoms with E-state index in [2.05, 4.69) is 34.7 Å². The predicted octanol–water partition coefficient (Wildman–Crippen LogP) is 2.79. The first-order valence-corrected chi connectivity index (χ1v) is 7.78. The third-order valence-electron chi connectivity index (χ3n) is 3.97. The van der Waals surface area contributed by atoms with Crippen LogP contribution in [0, 0.1) is 0 Å². The molecule has 1 aromatic heterocycles. The van der Waals surface area contributed by atoms with E-state index in [-0.39, 0.29) is 6.04 Å². The summed E-state index contributed by atoms with van der Waals surface area (Å²) in [7, 11) is 2.08. The third kappa shape index (κ3) is 4.15. The fourth-order valence-electron chi connectivity index (χ4n) is 2.60. The largest absolute Gasteiger partial charge is 0.348 e. The molecule has 1 fully saturated rings. The molecular weight excluding hydrogens is 268 g/mol. The van der Waals surface area contributed by atoms with Gasteiger partial charge in [-0.15, -0.1) is 0 Å². The molecule has 1 aromatic rings. The van der Waals surface area contributed by atoms with Crippen molar-refractivity contribution in [3.8, 4) is 0 Å². The van der Waals surface area contributed by atoms with E-state index in [1.54, 1.807) is 6.20 Å². The number of thiocarbonyl (C=S) groups is 1. The number of rotatable bonds is 4. The summed E-state index contributed by atoms with van der Waals surface area (Å²) in [5, 5.41) is 0.764. The maximum absolute atomic E-state index is 5.46. The van der Waals surface area contributed by atoms with E-state index >= 15 is 0 Å². The highest BCUT2D eigenvalue weighted by molar-refractivity contribution is 7.80. The molecule has 0 radical (unpaired) electrons. The molecule has 0 saturated heterocycles. The molecule has 110 valence electrons. The van der Waals surface area contributed by atoms with E-state index in [4.69, 9.17) is 12.2 Å². The van der Waals surface area contributed by atoms with Gasteiger partial charge in [-0.05, 0) is 44.1 Å². The Hall–Kier alpha value is -1.20. The van der Waals surface area contributed by atoms with Crippen molar-refractivity contribution in [1.29, 1.82) is 0 Å². The highest BCUT2D eigenvalue weighted by Crippen LogP contribution is 2.21. The minimum absolute atomic E-state index is 0.119. The van der Waals surface area contributed by atoms with Gasteiger partial charge in [0.2, 0.25) is 0 Å². The van der Waals surface area contributed by atoms with Crippen LogP contribution in [0.5, 0.6) is 0 Å². The third-order valence-corrected chi connectivity index (χ3v) is 4.36. The van der Waals surface area contributed by atoms with Crippen molar-refractivity contribution in [2.24, 2.45) is 0 Å². The van der Waals surface area contributed by atoms with Crippen LogP contribution in [0.3, 0.4) is 0 Å². The summed E-state index contributed by atoms with van der Waals surface area (Å²) in [5.74, 6) is 0. The first-order chi connectivity index (χ1) is 9.68. The number of aromatic nitrogens is 1. The van der Waals surface area contributed by atoms with Gasteiger partial charge in [0.1, 0.15) is 0 Å². The minimum Gasteiger partial charge on any atom is -0.348 e.